The minimum atomic E-state index is 0.100. The summed E-state index contributed by atoms with van der Waals surface area (Å²) in [5, 5.41) is 10.1. The Morgan fingerprint density at radius 2 is 1.83 bits per heavy atom. The van der Waals surface area contributed by atoms with Gasteiger partial charge in [0.2, 0.25) is 0 Å². The normalized spacial score (nSPS) is 12.1. The molecule has 2 nitrogen and oxygen atoms in total. The first kappa shape index (κ1) is 12.4. The molecular formula is C16H16O2. The fourth-order valence-corrected chi connectivity index (χ4v) is 2.28. The summed E-state index contributed by atoms with van der Waals surface area (Å²) in [6, 6.07) is 15.3. The smallest absolute Gasteiger partial charge is 0.153 e. The number of hydrogen-bond acceptors (Lipinski definition) is 2. The van der Waals surface area contributed by atoms with Crippen molar-refractivity contribution in [3.8, 4) is 5.75 Å². The number of phenols is 1. The lowest BCUT2D eigenvalue weighted by Crippen LogP contribution is -2.01. The molecule has 0 unspecified atom stereocenters. The van der Waals surface area contributed by atoms with E-state index in [1.165, 1.54) is 0 Å². The number of benzene rings is 2. The molecule has 0 aliphatic rings. The largest absolute Gasteiger partial charge is 0.507 e. The molecule has 0 radical (unpaired) electrons. The number of carbonyl (C=O) groups excluding carboxylic acids is 1. The van der Waals surface area contributed by atoms with E-state index >= 15 is 0 Å². The second-order valence-electron chi connectivity index (χ2n) is 4.27. The fourth-order valence-electron chi connectivity index (χ4n) is 2.28. The van der Waals surface area contributed by atoms with E-state index in [-0.39, 0.29) is 11.7 Å². The minimum absolute atomic E-state index is 0.100. The van der Waals surface area contributed by atoms with Crippen LogP contribution in [0.1, 0.15) is 40.7 Å². The van der Waals surface area contributed by atoms with Gasteiger partial charge < -0.3 is 5.11 Å². The lowest BCUT2D eigenvalue weighted by Gasteiger charge is -2.18. The lowest BCUT2D eigenvalue weighted by atomic mass is 9.87. The summed E-state index contributed by atoms with van der Waals surface area (Å²) in [5.74, 6) is 0.217. The molecule has 0 spiro atoms. The van der Waals surface area contributed by atoms with E-state index in [1.807, 2.05) is 42.5 Å². The van der Waals surface area contributed by atoms with Gasteiger partial charge in [0.1, 0.15) is 5.75 Å². The van der Waals surface area contributed by atoms with Crippen LogP contribution < -0.4 is 0 Å². The van der Waals surface area contributed by atoms with Crippen molar-refractivity contribution in [2.45, 2.75) is 19.3 Å². The summed E-state index contributed by atoms with van der Waals surface area (Å²) in [6.07, 6.45) is 1.57. The van der Waals surface area contributed by atoms with Gasteiger partial charge in [-0.25, -0.2) is 0 Å². The Morgan fingerprint density at radius 1 is 1.11 bits per heavy atom. The summed E-state index contributed by atoms with van der Waals surface area (Å²) in [5.41, 5.74) is 2.31. The molecule has 0 aliphatic carbocycles. The van der Waals surface area contributed by atoms with E-state index in [0.717, 1.165) is 17.5 Å². The van der Waals surface area contributed by atoms with Gasteiger partial charge in [0.05, 0.1) is 5.56 Å². The topological polar surface area (TPSA) is 37.3 Å². The second kappa shape index (κ2) is 5.50. The Morgan fingerprint density at radius 3 is 2.44 bits per heavy atom. The maximum Gasteiger partial charge on any atom is 0.153 e. The second-order valence-corrected chi connectivity index (χ2v) is 4.27. The molecule has 92 valence electrons. The number of aldehydes is 1. The van der Waals surface area contributed by atoms with Gasteiger partial charge >= 0.3 is 0 Å². The highest BCUT2D eigenvalue weighted by Crippen LogP contribution is 2.34. The standard InChI is InChI=1S/C16H16O2/c1-2-14(12-7-4-3-5-8-12)15-10-6-9-13(11-17)16(15)18/h3-11,14,18H,2H2,1H3/t14-/m0/s1. The zero-order valence-corrected chi connectivity index (χ0v) is 10.3. The molecule has 2 aromatic rings. The third kappa shape index (κ3) is 2.28. The highest BCUT2D eigenvalue weighted by molar-refractivity contribution is 5.80. The lowest BCUT2D eigenvalue weighted by molar-refractivity contribution is 0.112. The van der Waals surface area contributed by atoms with Crippen molar-refractivity contribution in [3.05, 3.63) is 65.2 Å². The summed E-state index contributed by atoms with van der Waals surface area (Å²) in [7, 11) is 0. The molecule has 2 aromatic carbocycles. The average Bonchev–Trinajstić information content (AvgIpc) is 2.43. The predicted molar refractivity (Wildman–Crippen MR) is 72.1 cm³/mol. The molecule has 1 atom stereocenters. The van der Waals surface area contributed by atoms with Crippen LogP contribution >= 0.6 is 0 Å². The van der Waals surface area contributed by atoms with Gasteiger partial charge in [-0.3, -0.25) is 4.79 Å². The number of carbonyl (C=O) groups is 1. The van der Waals surface area contributed by atoms with Crippen LogP contribution in [0.5, 0.6) is 5.75 Å². The Kier molecular flexibility index (Phi) is 3.78. The van der Waals surface area contributed by atoms with E-state index in [4.69, 9.17) is 0 Å². The van der Waals surface area contributed by atoms with Gasteiger partial charge in [0.15, 0.2) is 6.29 Å². The predicted octanol–water partition coefficient (Wildman–Crippen LogP) is 3.75. The highest BCUT2D eigenvalue weighted by Gasteiger charge is 2.17. The first-order valence-electron chi connectivity index (χ1n) is 6.10. The molecule has 0 heterocycles. The van der Waals surface area contributed by atoms with E-state index in [1.54, 1.807) is 6.07 Å². The van der Waals surface area contributed by atoms with Crippen molar-refractivity contribution < 1.29 is 9.90 Å². The Labute approximate surface area is 107 Å². The van der Waals surface area contributed by atoms with Crippen LogP contribution in [-0.2, 0) is 0 Å². The number of aromatic hydroxyl groups is 1. The Hall–Kier alpha value is -2.09. The molecule has 0 amide bonds. The monoisotopic (exact) mass is 240 g/mol. The number of phenolic OH excluding ortho intramolecular Hbond substituents is 1. The fraction of sp³-hybridized carbons (Fsp3) is 0.188. The number of rotatable bonds is 4. The number of hydrogen-bond donors (Lipinski definition) is 1. The zero-order valence-electron chi connectivity index (χ0n) is 10.3. The van der Waals surface area contributed by atoms with Crippen molar-refractivity contribution in [1.29, 1.82) is 0 Å². The van der Waals surface area contributed by atoms with Crippen LogP contribution in [0, 0.1) is 0 Å². The third-order valence-electron chi connectivity index (χ3n) is 3.21. The molecule has 2 heteroatoms. The first-order valence-corrected chi connectivity index (χ1v) is 6.10. The minimum Gasteiger partial charge on any atom is -0.507 e. The first-order chi connectivity index (χ1) is 8.77. The van der Waals surface area contributed by atoms with Crippen molar-refractivity contribution in [1.82, 2.24) is 0 Å². The third-order valence-corrected chi connectivity index (χ3v) is 3.21. The summed E-state index contributed by atoms with van der Waals surface area (Å²) >= 11 is 0. The molecule has 18 heavy (non-hydrogen) atoms. The van der Waals surface area contributed by atoms with Crippen LogP contribution in [-0.4, -0.2) is 11.4 Å². The van der Waals surface area contributed by atoms with Crippen molar-refractivity contribution in [2.75, 3.05) is 0 Å². The van der Waals surface area contributed by atoms with Gasteiger partial charge in [0.25, 0.3) is 0 Å². The van der Waals surface area contributed by atoms with Crippen molar-refractivity contribution >= 4 is 6.29 Å². The summed E-state index contributed by atoms with van der Waals surface area (Å²) < 4.78 is 0. The molecule has 0 saturated carbocycles. The highest BCUT2D eigenvalue weighted by atomic mass is 16.3. The van der Waals surface area contributed by atoms with E-state index in [2.05, 4.69) is 6.92 Å². The molecule has 0 fully saturated rings. The maximum atomic E-state index is 10.9. The maximum absolute atomic E-state index is 10.9. The van der Waals surface area contributed by atoms with Crippen molar-refractivity contribution in [3.63, 3.8) is 0 Å². The van der Waals surface area contributed by atoms with Crippen LogP contribution in [0.3, 0.4) is 0 Å². The van der Waals surface area contributed by atoms with E-state index in [9.17, 15) is 9.90 Å². The van der Waals surface area contributed by atoms with Gasteiger partial charge in [-0.15, -0.1) is 0 Å². The SMILES string of the molecule is CC[C@@H](c1ccccc1)c1cccc(C=O)c1O. The van der Waals surface area contributed by atoms with E-state index < -0.39 is 0 Å². The van der Waals surface area contributed by atoms with Gasteiger partial charge in [-0.1, -0.05) is 49.4 Å². The summed E-state index contributed by atoms with van der Waals surface area (Å²) in [6.45, 7) is 2.07. The van der Waals surface area contributed by atoms with Crippen LogP contribution in [0.4, 0.5) is 0 Å². The Bertz CT molecular complexity index is 532. The Balaban J connectivity index is 2.49. The van der Waals surface area contributed by atoms with Gasteiger partial charge in [0, 0.05) is 11.5 Å². The van der Waals surface area contributed by atoms with Gasteiger partial charge in [-0.2, -0.15) is 0 Å². The summed E-state index contributed by atoms with van der Waals surface area (Å²) in [4.78, 5) is 10.9. The molecule has 0 saturated heterocycles. The zero-order chi connectivity index (χ0) is 13.0. The molecule has 0 aromatic heterocycles. The quantitative estimate of drug-likeness (QED) is 0.826. The molecule has 1 N–H and O–H groups in total. The molecule has 0 bridgehead atoms. The molecule has 2 rings (SSSR count). The van der Waals surface area contributed by atoms with Gasteiger partial charge in [-0.05, 0) is 18.1 Å². The van der Waals surface area contributed by atoms with Crippen molar-refractivity contribution in [2.24, 2.45) is 0 Å². The van der Waals surface area contributed by atoms with Crippen LogP contribution in [0.15, 0.2) is 48.5 Å². The molecule has 0 aliphatic heterocycles. The van der Waals surface area contributed by atoms with Crippen LogP contribution in [0.2, 0.25) is 0 Å². The van der Waals surface area contributed by atoms with Crippen LogP contribution in [0.25, 0.3) is 0 Å². The number of para-hydroxylation sites is 1. The van der Waals surface area contributed by atoms with E-state index in [0.29, 0.717) is 11.8 Å². The molecular weight excluding hydrogens is 224 g/mol. The average molecular weight is 240 g/mol.